The van der Waals surface area contributed by atoms with Crippen LogP contribution in [0.25, 0.3) is 5.82 Å². The van der Waals surface area contributed by atoms with E-state index in [1.807, 2.05) is 37.4 Å². The predicted octanol–water partition coefficient (Wildman–Crippen LogP) is 1.76. The Balaban J connectivity index is 2.33. The molecule has 0 spiro atoms. The van der Waals surface area contributed by atoms with Gasteiger partial charge >= 0.3 is 0 Å². The third-order valence-corrected chi connectivity index (χ3v) is 2.26. The summed E-state index contributed by atoms with van der Waals surface area (Å²) in [5.74, 6) is 0.943. The van der Waals surface area contributed by atoms with Crippen molar-refractivity contribution in [3.63, 3.8) is 0 Å². The Labute approximate surface area is 89.6 Å². The molecular weight excluding hydrogens is 186 g/mol. The Bertz CT molecular complexity index is 417. The molecule has 2 aromatic rings. The first-order chi connectivity index (χ1) is 7.27. The SMILES string of the molecule is CC(N)Cc1cccn1-c1ccccn1. The second-order valence-electron chi connectivity index (χ2n) is 3.74. The van der Waals surface area contributed by atoms with Crippen LogP contribution < -0.4 is 5.73 Å². The quantitative estimate of drug-likeness (QED) is 0.822. The van der Waals surface area contributed by atoms with Gasteiger partial charge < -0.3 is 10.3 Å². The molecular formula is C12H15N3. The summed E-state index contributed by atoms with van der Waals surface area (Å²) in [5.41, 5.74) is 6.99. The zero-order valence-corrected chi connectivity index (χ0v) is 8.80. The molecule has 0 saturated carbocycles. The molecule has 0 fully saturated rings. The lowest BCUT2D eigenvalue weighted by atomic mass is 10.2. The second-order valence-corrected chi connectivity index (χ2v) is 3.74. The first kappa shape index (κ1) is 9.93. The summed E-state index contributed by atoms with van der Waals surface area (Å²) in [7, 11) is 0. The van der Waals surface area contributed by atoms with Crippen LogP contribution in [-0.2, 0) is 6.42 Å². The van der Waals surface area contributed by atoms with E-state index in [0.29, 0.717) is 0 Å². The fraction of sp³-hybridized carbons (Fsp3) is 0.250. The van der Waals surface area contributed by atoms with Crippen LogP contribution in [0.15, 0.2) is 42.7 Å². The fourth-order valence-electron chi connectivity index (χ4n) is 1.63. The molecule has 0 aliphatic heterocycles. The van der Waals surface area contributed by atoms with Crippen molar-refractivity contribution in [1.82, 2.24) is 9.55 Å². The van der Waals surface area contributed by atoms with Crippen molar-refractivity contribution < 1.29 is 0 Å². The summed E-state index contributed by atoms with van der Waals surface area (Å²) >= 11 is 0. The maximum absolute atomic E-state index is 5.80. The highest BCUT2D eigenvalue weighted by molar-refractivity contribution is 5.27. The van der Waals surface area contributed by atoms with E-state index in [9.17, 15) is 0 Å². The lowest BCUT2D eigenvalue weighted by Crippen LogP contribution is -2.19. The van der Waals surface area contributed by atoms with E-state index in [4.69, 9.17) is 5.73 Å². The minimum Gasteiger partial charge on any atom is -0.328 e. The van der Waals surface area contributed by atoms with E-state index in [1.165, 1.54) is 5.69 Å². The molecule has 2 rings (SSSR count). The van der Waals surface area contributed by atoms with Gasteiger partial charge in [0, 0.05) is 30.6 Å². The number of pyridine rings is 1. The predicted molar refractivity (Wildman–Crippen MR) is 60.9 cm³/mol. The van der Waals surface area contributed by atoms with Crippen LogP contribution in [0.2, 0.25) is 0 Å². The van der Waals surface area contributed by atoms with Crippen molar-refractivity contribution in [2.45, 2.75) is 19.4 Å². The molecule has 78 valence electrons. The zero-order valence-electron chi connectivity index (χ0n) is 8.80. The fourth-order valence-corrected chi connectivity index (χ4v) is 1.63. The van der Waals surface area contributed by atoms with Crippen LogP contribution in [0.3, 0.4) is 0 Å². The molecule has 2 heterocycles. The van der Waals surface area contributed by atoms with Crippen LogP contribution in [0.5, 0.6) is 0 Å². The monoisotopic (exact) mass is 201 g/mol. The largest absolute Gasteiger partial charge is 0.328 e. The third-order valence-electron chi connectivity index (χ3n) is 2.26. The molecule has 15 heavy (non-hydrogen) atoms. The molecule has 0 saturated heterocycles. The molecule has 0 aliphatic rings. The number of hydrogen-bond acceptors (Lipinski definition) is 2. The summed E-state index contributed by atoms with van der Waals surface area (Å²) in [5, 5.41) is 0. The van der Waals surface area contributed by atoms with Crippen LogP contribution >= 0.6 is 0 Å². The summed E-state index contributed by atoms with van der Waals surface area (Å²) in [4.78, 5) is 4.31. The Morgan fingerprint density at radius 2 is 2.20 bits per heavy atom. The Hall–Kier alpha value is -1.61. The van der Waals surface area contributed by atoms with Gasteiger partial charge in [0.1, 0.15) is 5.82 Å². The van der Waals surface area contributed by atoms with Crippen molar-refractivity contribution in [1.29, 1.82) is 0 Å². The molecule has 3 nitrogen and oxygen atoms in total. The molecule has 2 aromatic heterocycles. The van der Waals surface area contributed by atoms with Gasteiger partial charge in [-0.3, -0.25) is 0 Å². The van der Waals surface area contributed by atoms with E-state index in [1.54, 1.807) is 6.20 Å². The average molecular weight is 201 g/mol. The van der Waals surface area contributed by atoms with Crippen molar-refractivity contribution in [3.05, 3.63) is 48.4 Å². The van der Waals surface area contributed by atoms with Gasteiger partial charge in [0.05, 0.1) is 0 Å². The molecule has 0 aromatic carbocycles. The first-order valence-corrected chi connectivity index (χ1v) is 5.10. The molecule has 0 radical (unpaired) electrons. The molecule has 0 aliphatic carbocycles. The number of nitrogens with two attached hydrogens (primary N) is 1. The molecule has 1 atom stereocenters. The van der Waals surface area contributed by atoms with Crippen LogP contribution in [0.1, 0.15) is 12.6 Å². The number of nitrogens with zero attached hydrogens (tertiary/aromatic N) is 2. The highest BCUT2D eigenvalue weighted by Crippen LogP contribution is 2.11. The minimum atomic E-state index is 0.169. The summed E-state index contributed by atoms with van der Waals surface area (Å²) in [6.45, 7) is 2.01. The van der Waals surface area contributed by atoms with Crippen molar-refractivity contribution in [3.8, 4) is 5.82 Å². The number of hydrogen-bond donors (Lipinski definition) is 1. The Kier molecular flexibility index (Phi) is 2.83. The highest BCUT2D eigenvalue weighted by atomic mass is 15.1. The van der Waals surface area contributed by atoms with Gasteiger partial charge in [0.2, 0.25) is 0 Å². The Morgan fingerprint density at radius 3 is 2.87 bits per heavy atom. The summed E-state index contributed by atoms with van der Waals surface area (Å²) in [6.07, 6.45) is 4.68. The molecule has 1 unspecified atom stereocenters. The lowest BCUT2D eigenvalue weighted by Gasteiger charge is -2.09. The van der Waals surface area contributed by atoms with Gasteiger partial charge in [-0.1, -0.05) is 6.07 Å². The van der Waals surface area contributed by atoms with E-state index in [0.717, 1.165) is 12.2 Å². The molecule has 0 amide bonds. The Morgan fingerprint density at radius 1 is 1.33 bits per heavy atom. The maximum Gasteiger partial charge on any atom is 0.136 e. The number of aromatic nitrogens is 2. The average Bonchev–Trinajstić information content (AvgIpc) is 2.66. The van der Waals surface area contributed by atoms with E-state index < -0.39 is 0 Å². The summed E-state index contributed by atoms with van der Waals surface area (Å²) in [6, 6.07) is 10.2. The summed E-state index contributed by atoms with van der Waals surface area (Å²) < 4.78 is 2.07. The van der Waals surface area contributed by atoms with Crippen LogP contribution in [0, 0.1) is 0 Å². The van der Waals surface area contributed by atoms with Gasteiger partial charge in [-0.25, -0.2) is 4.98 Å². The van der Waals surface area contributed by atoms with E-state index >= 15 is 0 Å². The third kappa shape index (κ3) is 2.25. The molecule has 2 N–H and O–H groups in total. The van der Waals surface area contributed by atoms with E-state index in [2.05, 4.69) is 15.6 Å². The smallest absolute Gasteiger partial charge is 0.136 e. The van der Waals surface area contributed by atoms with Crippen molar-refractivity contribution in [2.24, 2.45) is 5.73 Å². The van der Waals surface area contributed by atoms with E-state index in [-0.39, 0.29) is 6.04 Å². The molecule has 3 heteroatoms. The second kappa shape index (κ2) is 4.28. The van der Waals surface area contributed by atoms with Gasteiger partial charge in [0.15, 0.2) is 0 Å². The van der Waals surface area contributed by atoms with Gasteiger partial charge in [-0.15, -0.1) is 0 Å². The number of rotatable bonds is 3. The lowest BCUT2D eigenvalue weighted by molar-refractivity contribution is 0.706. The van der Waals surface area contributed by atoms with Gasteiger partial charge in [-0.05, 0) is 31.2 Å². The first-order valence-electron chi connectivity index (χ1n) is 5.10. The van der Waals surface area contributed by atoms with Gasteiger partial charge in [-0.2, -0.15) is 0 Å². The normalized spacial score (nSPS) is 12.7. The maximum atomic E-state index is 5.80. The van der Waals surface area contributed by atoms with Gasteiger partial charge in [0.25, 0.3) is 0 Å². The van der Waals surface area contributed by atoms with Crippen LogP contribution in [-0.4, -0.2) is 15.6 Å². The van der Waals surface area contributed by atoms with Crippen molar-refractivity contribution in [2.75, 3.05) is 0 Å². The minimum absolute atomic E-state index is 0.169. The molecule has 0 bridgehead atoms. The van der Waals surface area contributed by atoms with Crippen molar-refractivity contribution >= 4 is 0 Å². The van der Waals surface area contributed by atoms with Crippen LogP contribution in [0.4, 0.5) is 0 Å². The topological polar surface area (TPSA) is 43.8 Å². The zero-order chi connectivity index (χ0) is 10.7. The standard InChI is InChI=1S/C12H15N3/c1-10(13)9-11-5-4-8-15(11)12-6-2-3-7-14-12/h2-8,10H,9,13H2,1H3. The highest BCUT2D eigenvalue weighted by Gasteiger charge is 2.05.